The van der Waals surface area contributed by atoms with Crippen LogP contribution >= 0.6 is 0 Å². The highest BCUT2D eigenvalue weighted by atomic mass is 15.0. The zero-order valence-corrected chi connectivity index (χ0v) is 12.5. The lowest BCUT2D eigenvalue weighted by Gasteiger charge is -2.28. The standard InChI is InChI=1S/C17H28N2/c1-3-4-5-6-9-14(2)19-16-12-7-10-15-11-8-13-18-17(15)16/h8,11,13-14,16,19H,3-7,9-10,12H2,1-2H3. The van der Waals surface area contributed by atoms with Crippen molar-refractivity contribution >= 4 is 0 Å². The Hall–Kier alpha value is -0.890. The Morgan fingerprint density at radius 2 is 2.26 bits per heavy atom. The Labute approximate surface area is 118 Å². The van der Waals surface area contributed by atoms with Crippen LogP contribution in [0.25, 0.3) is 0 Å². The molecule has 0 saturated carbocycles. The van der Waals surface area contributed by atoms with E-state index in [2.05, 4.69) is 36.3 Å². The van der Waals surface area contributed by atoms with E-state index in [9.17, 15) is 0 Å². The number of rotatable bonds is 7. The summed E-state index contributed by atoms with van der Waals surface area (Å²) in [6.07, 6.45) is 12.4. The zero-order valence-electron chi connectivity index (χ0n) is 12.5. The van der Waals surface area contributed by atoms with Gasteiger partial charge in [0.2, 0.25) is 0 Å². The summed E-state index contributed by atoms with van der Waals surface area (Å²) < 4.78 is 0. The van der Waals surface area contributed by atoms with Crippen LogP contribution in [0.5, 0.6) is 0 Å². The molecule has 2 heteroatoms. The molecule has 0 saturated heterocycles. The average molecular weight is 260 g/mol. The van der Waals surface area contributed by atoms with Crippen molar-refractivity contribution in [2.45, 2.75) is 77.3 Å². The SMILES string of the molecule is CCCCCCC(C)NC1CCCc2cccnc21. The van der Waals surface area contributed by atoms with Gasteiger partial charge >= 0.3 is 0 Å². The average Bonchev–Trinajstić information content (AvgIpc) is 2.44. The molecule has 2 unspecified atom stereocenters. The molecule has 0 amide bonds. The zero-order chi connectivity index (χ0) is 13.5. The van der Waals surface area contributed by atoms with Gasteiger partial charge in [-0.15, -0.1) is 0 Å². The largest absolute Gasteiger partial charge is 0.306 e. The molecule has 1 aliphatic rings. The molecule has 1 aliphatic carbocycles. The number of hydrogen-bond acceptors (Lipinski definition) is 2. The van der Waals surface area contributed by atoms with Gasteiger partial charge in [-0.05, 0) is 44.2 Å². The van der Waals surface area contributed by atoms with E-state index >= 15 is 0 Å². The molecule has 1 aromatic rings. The van der Waals surface area contributed by atoms with Crippen molar-refractivity contribution in [2.75, 3.05) is 0 Å². The van der Waals surface area contributed by atoms with Crippen LogP contribution in [0.3, 0.4) is 0 Å². The van der Waals surface area contributed by atoms with Gasteiger partial charge in [-0.3, -0.25) is 4.98 Å². The summed E-state index contributed by atoms with van der Waals surface area (Å²) in [5, 5.41) is 3.79. The maximum absolute atomic E-state index is 4.60. The van der Waals surface area contributed by atoms with Crippen LogP contribution in [0.15, 0.2) is 18.3 Å². The Kier molecular flexibility index (Phi) is 5.84. The molecular weight excluding hydrogens is 232 g/mol. The number of aryl methyl sites for hydroxylation is 1. The summed E-state index contributed by atoms with van der Waals surface area (Å²) in [6.45, 7) is 4.59. The molecule has 0 spiro atoms. The molecule has 2 rings (SSSR count). The Bertz CT molecular complexity index is 375. The van der Waals surface area contributed by atoms with Gasteiger partial charge in [0.1, 0.15) is 0 Å². The highest BCUT2D eigenvalue weighted by Gasteiger charge is 2.22. The number of pyridine rings is 1. The summed E-state index contributed by atoms with van der Waals surface area (Å²) in [5.74, 6) is 0. The Morgan fingerprint density at radius 3 is 3.11 bits per heavy atom. The highest BCUT2D eigenvalue weighted by molar-refractivity contribution is 5.25. The first-order valence-electron chi connectivity index (χ1n) is 8.01. The second kappa shape index (κ2) is 7.64. The fourth-order valence-electron chi connectivity index (χ4n) is 3.08. The van der Waals surface area contributed by atoms with E-state index in [4.69, 9.17) is 0 Å². The van der Waals surface area contributed by atoms with Crippen molar-refractivity contribution in [3.63, 3.8) is 0 Å². The van der Waals surface area contributed by atoms with E-state index in [1.165, 1.54) is 62.6 Å². The van der Waals surface area contributed by atoms with Gasteiger partial charge in [0, 0.05) is 18.3 Å². The number of aromatic nitrogens is 1. The first-order valence-corrected chi connectivity index (χ1v) is 8.01. The Morgan fingerprint density at radius 1 is 1.37 bits per heavy atom. The summed E-state index contributed by atoms with van der Waals surface area (Å²) >= 11 is 0. The Balaban J connectivity index is 1.83. The first-order chi connectivity index (χ1) is 9.31. The van der Waals surface area contributed by atoms with Crippen molar-refractivity contribution in [1.29, 1.82) is 0 Å². The molecule has 0 radical (unpaired) electrons. The quantitative estimate of drug-likeness (QED) is 0.735. The minimum atomic E-state index is 0.478. The van der Waals surface area contributed by atoms with Crippen molar-refractivity contribution < 1.29 is 0 Å². The van der Waals surface area contributed by atoms with Crippen LogP contribution in [-0.2, 0) is 6.42 Å². The van der Waals surface area contributed by atoms with Crippen LogP contribution < -0.4 is 5.32 Å². The smallest absolute Gasteiger partial charge is 0.0605 e. The van der Waals surface area contributed by atoms with E-state index in [-0.39, 0.29) is 0 Å². The minimum absolute atomic E-state index is 0.478. The van der Waals surface area contributed by atoms with Crippen molar-refractivity contribution in [3.05, 3.63) is 29.6 Å². The van der Waals surface area contributed by atoms with Gasteiger partial charge in [0.05, 0.1) is 5.69 Å². The summed E-state index contributed by atoms with van der Waals surface area (Å²) in [5.41, 5.74) is 2.75. The summed E-state index contributed by atoms with van der Waals surface area (Å²) in [7, 11) is 0. The molecule has 1 heterocycles. The van der Waals surface area contributed by atoms with E-state index in [1.807, 2.05) is 6.20 Å². The monoisotopic (exact) mass is 260 g/mol. The fourth-order valence-corrected chi connectivity index (χ4v) is 3.08. The molecule has 1 N–H and O–H groups in total. The summed E-state index contributed by atoms with van der Waals surface area (Å²) in [6, 6.07) is 5.39. The molecule has 0 aromatic carbocycles. The van der Waals surface area contributed by atoms with Gasteiger partial charge in [0.15, 0.2) is 0 Å². The van der Waals surface area contributed by atoms with Gasteiger partial charge in [-0.1, -0.05) is 38.7 Å². The molecule has 19 heavy (non-hydrogen) atoms. The number of unbranched alkanes of at least 4 members (excludes halogenated alkanes) is 3. The molecule has 0 bridgehead atoms. The molecule has 2 atom stereocenters. The van der Waals surface area contributed by atoms with Crippen LogP contribution in [0.2, 0.25) is 0 Å². The maximum Gasteiger partial charge on any atom is 0.0605 e. The minimum Gasteiger partial charge on any atom is -0.306 e. The van der Waals surface area contributed by atoms with E-state index < -0.39 is 0 Å². The fraction of sp³-hybridized carbons (Fsp3) is 0.706. The predicted octanol–water partition coefficient (Wildman–Crippen LogP) is 4.41. The maximum atomic E-state index is 4.60. The third kappa shape index (κ3) is 4.31. The molecule has 106 valence electrons. The van der Waals surface area contributed by atoms with Crippen LogP contribution in [0.4, 0.5) is 0 Å². The number of fused-ring (bicyclic) bond motifs is 1. The molecule has 1 aromatic heterocycles. The summed E-state index contributed by atoms with van der Waals surface area (Å²) in [4.78, 5) is 4.60. The lowest BCUT2D eigenvalue weighted by Crippen LogP contribution is -2.33. The van der Waals surface area contributed by atoms with E-state index in [0.29, 0.717) is 12.1 Å². The van der Waals surface area contributed by atoms with Crippen LogP contribution in [0.1, 0.15) is 76.1 Å². The van der Waals surface area contributed by atoms with Crippen LogP contribution in [-0.4, -0.2) is 11.0 Å². The first kappa shape index (κ1) is 14.5. The van der Waals surface area contributed by atoms with Crippen molar-refractivity contribution in [1.82, 2.24) is 10.3 Å². The van der Waals surface area contributed by atoms with Gasteiger partial charge in [0.25, 0.3) is 0 Å². The van der Waals surface area contributed by atoms with E-state index in [1.54, 1.807) is 0 Å². The molecule has 0 aliphatic heterocycles. The third-order valence-corrected chi connectivity index (χ3v) is 4.17. The highest BCUT2D eigenvalue weighted by Crippen LogP contribution is 2.28. The van der Waals surface area contributed by atoms with Gasteiger partial charge in [-0.25, -0.2) is 0 Å². The van der Waals surface area contributed by atoms with Gasteiger partial charge in [-0.2, -0.15) is 0 Å². The number of nitrogens with one attached hydrogen (secondary N) is 1. The lowest BCUT2D eigenvalue weighted by molar-refractivity contribution is 0.379. The topological polar surface area (TPSA) is 24.9 Å². The van der Waals surface area contributed by atoms with E-state index in [0.717, 1.165) is 0 Å². The lowest BCUT2D eigenvalue weighted by atomic mass is 9.91. The predicted molar refractivity (Wildman–Crippen MR) is 81.3 cm³/mol. The second-order valence-corrected chi connectivity index (χ2v) is 5.91. The normalized spacial score (nSPS) is 20.0. The number of hydrogen-bond donors (Lipinski definition) is 1. The van der Waals surface area contributed by atoms with Crippen molar-refractivity contribution in [3.8, 4) is 0 Å². The molecule has 0 fully saturated rings. The molecule has 2 nitrogen and oxygen atoms in total. The van der Waals surface area contributed by atoms with Gasteiger partial charge < -0.3 is 5.32 Å². The third-order valence-electron chi connectivity index (χ3n) is 4.17. The van der Waals surface area contributed by atoms with Crippen LogP contribution in [0, 0.1) is 0 Å². The second-order valence-electron chi connectivity index (χ2n) is 5.91. The number of nitrogens with zero attached hydrogens (tertiary/aromatic N) is 1. The van der Waals surface area contributed by atoms with Crippen molar-refractivity contribution in [2.24, 2.45) is 0 Å². The molecular formula is C17H28N2.